The first-order chi connectivity index (χ1) is 26.6. The molecule has 4 fully saturated rings. The molecule has 4 N–H and O–H groups in total. The number of carboxylic acid groups (broad SMARTS) is 1. The molecule has 2 aromatic heterocycles. The molecule has 4 saturated carbocycles. The third kappa shape index (κ3) is 6.23. The molecule has 0 unspecified atom stereocenters. The number of ketones is 1. The number of rotatable bonds is 10. The fraction of sp³-hybridized carbons (Fsp3) is 0.750. The number of aliphatic hydroxyl groups excluding tert-OH is 1. The number of nitrogens with two attached hydrogens (primary N) is 1. The van der Waals surface area contributed by atoms with Crippen LogP contribution in [0.4, 0.5) is 0 Å². The number of hydrogen-bond donors (Lipinski definition) is 3. The van der Waals surface area contributed by atoms with Gasteiger partial charge in [-0.05, 0) is 116 Å². The quantitative estimate of drug-likeness (QED) is 0.199. The van der Waals surface area contributed by atoms with Crippen molar-refractivity contribution in [3.8, 4) is 11.6 Å². The number of ether oxygens (including phenoxy) is 1. The molecule has 5 aliphatic carbocycles. The Morgan fingerprint density at radius 3 is 2.30 bits per heavy atom. The molecule has 0 aromatic carbocycles. The van der Waals surface area contributed by atoms with E-state index >= 15 is 0 Å². The van der Waals surface area contributed by atoms with Crippen LogP contribution in [0.15, 0.2) is 23.5 Å². The number of allylic oxidation sites excluding steroid dienone is 1. The first kappa shape index (κ1) is 41.9. The maximum absolute atomic E-state index is 14.3. The highest BCUT2D eigenvalue weighted by atomic mass is 35.5. The fourth-order valence-corrected chi connectivity index (χ4v) is 13.6. The number of carbonyl (C=O) groups is 3. The van der Waals surface area contributed by atoms with Crippen LogP contribution in [-0.2, 0) is 25.7 Å². The molecule has 0 bridgehead atoms. The van der Waals surface area contributed by atoms with E-state index in [1.54, 1.807) is 13.8 Å². The molecule has 57 heavy (non-hydrogen) atoms. The van der Waals surface area contributed by atoms with Gasteiger partial charge in [0.25, 0.3) is 0 Å². The minimum atomic E-state index is -1.19. The van der Waals surface area contributed by atoms with Gasteiger partial charge in [-0.2, -0.15) is 0 Å². The van der Waals surface area contributed by atoms with Crippen molar-refractivity contribution in [2.75, 3.05) is 6.54 Å². The van der Waals surface area contributed by atoms with Crippen LogP contribution in [0.2, 0.25) is 5.02 Å². The number of nitrogens with zero attached hydrogens (tertiary/aromatic N) is 5. The molecule has 0 spiro atoms. The SMILES string of the molecule is CC(C)C1=C2[C@H]3CC[C@@H]4[C@@]5(C)CC[C@H](OC(=O)CC(C)(C)C(=O)O)C(C)(C)[C@@H]5CC[C@@]4(C)[C@]3(C)CC[C@@]2([C@@H](O)c2nnc(-c3ncc(Cl)cn3)n2CCN)CC1=O. The minimum absolute atomic E-state index is 0.00130. The number of halogens is 1. The van der Waals surface area contributed by atoms with Crippen LogP contribution >= 0.6 is 11.6 Å². The summed E-state index contributed by atoms with van der Waals surface area (Å²) in [6, 6.07) is 0. The zero-order chi connectivity index (χ0) is 41.7. The Hall–Kier alpha value is -3.22. The molecular formula is C44H63ClN6O6. The average molecular weight is 807 g/mol. The Kier molecular flexibility index (Phi) is 10.5. The Morgan fingerprint density at radius 1 is 0.982 bits per heavy atom. The van der Waals surface area contributed by atoms with Gasteiger partial charge in [-0.25, -0.2) is 9.97 Å². The number of aliphatic carboxylic acids is 1. The summed E-state index contributed by atoms with van der Waals surface area (Å²) in [6.45, 7) is 20.0. The van der Waals surface area contributed by atoms with Gasteiger partial charge in [-0.3, -0.25) is 14.4 Å². The lowest BCUT2D eigenvalue weighted by Crippen LogP contribution is -2.66. The molecule has 312 valence electrons. The van der Waals surface area contributed by atoms with Crippen molar-refractivity contribution in [1.29, 1.82) is 0 Å². The Labute approximate surface area is 342 Å². The van der Waals surface area contributed by atoms with Crippen LogP contribution < -0.4 is 5.73 Å². The van der Waals surface area contributed by atoms with E-state index < -0.39 is 28.9 Å². The van der Waals surface area contributed by atoms with Gasteiger partial charge in [-0.1, -0.05) is 60.1 Å². The second-order valence-electron chi connectivity index (χ2n) is 20.5. The highest BCUT2D eigenvalue weighted by molar-refractivity contribution is 6.30. The highest BCUT2D eigenvalue weighted by Gasteiger charge is 2.71. The number of Topliss-reactive ketones (excluding diaryl/α,β-unsaturated/α-hetero) is 1. The first-order valence-electron chi connectivity index (χ1n) is 21.1. The first-order valence-corrected chi connectivity index (χ1v) is 21.5. The van der Waals surface area contributed by atoms with Gasteiger partial charge in [0.05, 0.1) is 16.9 Å². The molecule has 0 amide bonds. The summed E-state index contributed by atoms with van der Waals surface area (Å²) in [5.41, 5.74) is 5.68. The van der Waals surface area contributed by atoms with Crippen LogP contribution in [0.25, 0.3) is 11.6 Å². The molecule has 12 nitrogen and oxygen atoms in total. The lowest BCUT2D eigenvalue weighted by molar-refractivity contribution is -0.235. The predicted molar refractivity (Wildman–Crippen MR) is 215 cm³/mol. The summed E-state index contributed by atoms with van der Waals surface area (Å²) in [4.78, 5) is 48.0. The topological polar surface area (TPSA) is 183 Å². The van der Waals surface area contributed by atoms with E-state index in [-0.39, 0.29) is 64.8 Å². The van der Waals surface area contributed by atoms with Crippen molar-refractivity contribution in [2.24, 2.45) is 61.9 Å². The molecule has 0 radical (unpaired) electrons. The number of aliphatic hydroxyl groups is 1. The number of fused-ring (bicyclic) bond motifs is 7. The van der Waals surface area contributed by atoms with Crippen LogP contribution in [-0.4, -0.2) is 65.3 Å². The van der Waals surface area contributed by atoms with Gasteiger partial charge in [0.15, 0.2) is 17.4 Å². The molecule has 0 saturated heterocycles. The van der Waals surface area contributed by atoms with E-state index in [9.17, 15) is 24.6 Å². The Bertz CT molecular complexity index is 1980. The van der Waals surface area contributed by atoms with Crippen LogP contribution in [0.1, 0.15) is 138 Å². The maximum atomic E-state index is 14.3. The number of carbonyl (C=O) groups excluding carboxylic acids is 2. The summed E-state index contributed by atoms with van der Waals surface area (Å²) in [7, 11) is 0. The average Bonchev–Trinajstić information content (AvgIpc) is 3.68. The molecule has 2 heterocycles. The standard InChI is InChI=1S/C44H63ClN6O6/c1-24(2)32-27(52)20-44(34(54)36-49-50-37(51(36)19-18-46)35-47-22-25(45)23-48-35)17-16-42(8)26(33(32)44)10-11-29-41(7)14-13-30(57-31(53)21-39(3,4)38(55)56)40(5,6)28(41)12-15-43(29,42)9/h22-24,26,28-30,34,54H,10-21,46H2,1-9H3,(H,55,56)/t26-,28+,29-,30+,34+,41+,42-,43-,44-/m1/s1. The second kappa shape index (κ2) is 14.2. The number of aromatic nitrogens is 5. The molecule has 5 aliphatic rings. The summed E-state index contributed by atoms with van der Waals surface area (Å²) in [6.07, 6.45) is 8.86. The van der Waals surface area contributed by atoms with E-state index in [0.29, 0.717) is 47.3 Å². The highest BCUT2D eigenvalue weighted by Crippen LogP contribution is 2.77. The van der Waals surface area contributed by atoms with Crippen molar-refractivity contribution < 1.29 is 29.3 Å². The van der Waals surface area contributed by atoms with Crippen molar-refractivity contribution in [1.82, 2.24) is 24.7 Å². The summed E-state index contributed by atoms with van der Waals surface area (Å²) in [5, 5.41) is 31.9. The number of carboxylic acids is 1. The van der Waals surface area contributed by atoms with E-state index in [1.807, 2.05) is 4.57 Å². The van der Waals surface area contributed by atoms with Crippen molar-refractivity contribution in [3.63, 3.8) is 0 Å². The van der Waals surface area contributed by atoms with Gasteiger partial charge in [0, 0.05) is 42.7 Å². The van der Waals surface area contributed by atoms with Crippen molar-refractivity contribution in [3.05, 3.63) is 34.4 Å². The fourth-order valence-electron chi connectivity index (χ4n) is 13.5. The molecular weight excluding hydrogens is 744 g/mol. The largest absolute Gasteiger partial charge is 0.481 e. The van der Waals surface area contributed by atoms with E-state index in [0.717, 1.165) is 56.1 Å². The third-order valence-corrected chi connectivity index (χ3v) is 16.8. The van der Waals surface area contributed by atoms with Crippen molar-refractivity contribution in [2.45, 2.75) is 145 Å². The molecule has 13 heteroatoms. The van der Waals surface area contributed by atoms with Gasteiger partial charge < -0.3 is 25.3 Å². The van der Waals surface area contributed by atoms with E-state index in [4.69, 9.17) is 22.1 Å². The van der Waals surface area contributed by atoms with Crippen LogP contribution in [0, 0.1) is 56.2 Å². The molecule has 9 atom stereocenters. The molecule has 2 aromatic rings. The summed E-state index contributed by atoms with van der Waals surface area (Å²) < 4.78 is 7.99. The zero-order valence-corrected chi connectivity index (χ0v) is 36.1. The van der Waals surface area contributed by atoms with Gasteiger partial charge >= 0.3 is 11.9 Å². The number of hydrogen-bond acceptors (Lipinski definition) is 10. The lowest BCUT2D eigenvalue weighted by Gasteiger charge is -2.72. The summed E-state index contributed by atoms with van der Waals surface area (Å²) in [5.74, 6) is 0.635. The van der Waals surface area contributed by atoms with Gasteiger partial charge in [-0.15, -0.1) is 10.2 Å². The van der Waals surface area contributed by atoms with E-state index in [1.165, 1.54) is 12.4 Å². The molecule has 7 rings (SSSR count). The predicted octanol–water partition coefficient (Wildman–Crippen LogP) is 7.77. The molecule has 0 aliphatic heterocycles. The monoisotopic (exact) mass is 806 g/mol. The van der Waals surface area contributed by atoms with Crippen molar-refractivity contribution >= 4 is 29.3 Å². The maximum Gasteiger partial charge on any atom is 0.309 e. The lowest BCUT2D eigenvalue weighted by atomic mass is 9.33. The van der Waals surface area contributed by atoms with Gasteiger partial charge in [0.1, 0.15) is 12.2 Å². The second-order valence-corrected chi connectivity index (χ2v) is 20.9. The Morgan fingerprint density at radius 2 is 1.67 bits per heavy atom. The minimum Gasteiger partial charge on any atom is -0.481 e. The smallest absolute Gasteiger partial charge is 0.309 e. The zero-order valence-electron chi connectivity index (χ0n) is 35.3. The summed E-state index contributed by atoms with van der Waals surface area (Å²) >= 11 is 6.09. The Balaban J connectivity index is 1.22. The third-order valence-electron chi connectivity index (χ3n) is 16.6. The van der Waals surface area contributed by atoms with E-state index in [2.05, 4.69) is 68.6 Å². The normalized spacial score (nSPS) is 35.3. The van der Waals surface area contributed by atoms with Gasteiger partial charge in [0.2, 0.25) is 5.82 Å². The number of esters is 1. The van der Waals surface area contributed by atoms with Crippen LogP contribution in [0.3, 0.4) is 0 Å². The van der Waals surface area contributed by atoms with Crippen LogP contribution in [0.5, 0.6) is 0 Å².